The van der Waals surface area contributed by atoms with Crippen LogP contribution in [0.4, 0.5) is 11.5 Å². The van der Waals surface area contributed by atoms with Crippen LogP contribution in [0.15, 0.2) is 48.1 Å². The quantitative estimate of drug-likeness (QED) is 0.401. The minimum Gasteiger partial charge on any atom is -0.339 e. The van der Waals surface area contributed by atoms with E-state index in [9.17, 15) is 0 Å². The Kier molecular flexibility index (Phi) is 4.57. The zero-order valence-electron chi connectivity index (χ0n) is 14.2. The molecule has 0 saturated heterocycles. The largest absolute Gasteiger partial charge is 0.339 e. The zero-order valence-corrected chi connectivity index (χ0v) is 16.5. The Morgan fingerprint density at radius 2 is 1.69 bits per heavy atom. The zero-order chi connectivity index (χ0) is 18.3. The molecule has 0 aliphatic carbocycles. The van der Waals surface area contributed by atoms with Gasteiger partial charge in [-0.3, -0.25) is 0 Å². The Bertz CT molecular complexity index is 1100. The van der Waals surface area contributed by atoms with Gasteiger partial charge in [-0.2, -0.15) is 0 Å². The van der Waals surface area contributed by atoms with Gasteiger partial charge in [0.15, 0.2) is 0 Å². The number of nitrogens with one attached hydrogen (secondary N) is 1. The van der Waals surface area contributed by atoms with Crippen LogP contribution in [-0.4, -0.2) is 9.97 Å². The maximum Gasteiger partial charge on any atom is 0.143 e. The third-order valence-corrected chi connectivity index (χ3v) is 5.64. The first-order valence-electron chi connectivity index (χ1n) is 8.04. The Balaban J connectivity index is 1.85. The Morgan fingerprint density at radius 3 is 2.42 bits per heavy atom. The van der Waals surface area contributed by atoms with E-state index in [4.69, 9.17) is 23.2 Å². The molecule has 0 saturated carbocycles. The molecular formula is C20H15Cl2N3S. The first-order chi connectivity index (χ1) is 12.5. The van der Waals surface area contributed by atoms with Crippen LogP contribution in [-0.2, 0) is 0 Å². The van der Waals surface area contributed by atoms with Crippen molar-refractivity contribution >= 4 is 56.3 Å². The molecule has 0 aliphatic heterocycles. The third kappa shape index (κ3) is 3.28. The molecule has 1 N–H and O–H groups in total. The standard InChI is InChI=1S/C20H15Cl2N3S/c1-11-3-4-13(5-12(11)2)17-9-26-20-18(17)19(23-10-24-20)25-16-7-14(21)6-15(22)8-16/h3-10H,1-2H3,(H,23,24,25). The van der Waals surface area contributed by atoms with Gasteiger partial charge in [0.2, 0.25) is 0 Å². The lowest BCUT2D eigenvalue weighted by Crippen LogP contribution is -1.96. The molecule has 0 aliphatic rings. The maximum absolute atomic E-state index is 6.12. The number of fused-ring (bicyclic) bond motifs is 1. The molecule has 130 valence electrons. The molecule has 0 fully saturated rings. The van der Waals surface area contributed by atoms with E-state index in [0.717, 1.165) is 32.8 Å². The van der Waals surface area contributed by atoms with Crippen LogP contribution in [0, 0.1) is 13.8 Å². The third-order valence-electron chi connectivity index (χ3n) is 4.31. The van der Waals surface area contributed by atoms with Crippen molar-refractivity contribution in [2.45, 2.75) is 13.8 Å². The van der Waals surface area contributed by atoms with E-state index < -0.39 is 0 Å². The van der Waals surface area contributed by atoms with Crippen molar-refractivity contribution in [1.29, 1.82) is 0 Å². The lowest BCUT2D eigenvalue weighted by Gasteiger charge is -2.10. The van der Waals surface area contributed by atoms with E-state index in [-0.39, 0.29) is 0 Å². The molecule has 4 aromatic rings. The van der Waals surface area contributed by atoms with E-state index in [2.05, 4.69) is 52.7 Å². The van der Waals surface area contributed by atoms with Crippen molar-refractivity contribution in [2.24, 2.45) is 0 Å². The number of aryl methyl sites for hydroxylation is 2. The number of thiophene rings is 1. The molecule has 2 heterocycles. The number of anilines is 2. The second-order valence-corrected chi connectivity index (χ2v) is 7.86. The predicted molar refractivity (Wildman–Crippen MR) is 112 cm³/mol. The van der Waals surface area contributed by atoms with Crippen LogP contribution in [0.3, 0.4) is 0 Å². The van der Waals surface area contributed by atoms with E-state index in [1.54, 1.807) is 23.7 Å². The fourth-order valence-corrected chi connectivity index (χ4v) is 4.30. The molecule has 4 rings (SSSR count). The molecular weight excluding hydrogens is 385 g/mol. The minimum atomic E-state index is 0.574. The summed E-state index contributed by atoms with van der Waals surface area (Å²) in [5.41, 5.74) is 5.59. The van der Waals surface area contributed by atoms with E-state index in [1.807, 2.05) is 12.1 Å². The number of aromatic nitrogens is 2. The maximum atomic E-state index is 6.12. The molecule has 6 heteroatoms. The number of nitrogens with zero attached hydrogens (tertiary/aromatic N) is 2. The summed E-state index contributed by atoms with van der Waals surface area (Å²) in [6, 6.07) is 11.8. The molecule has 2 aromatic carbocycles. The fourth-order valence-electron chi connectivity index (χ4n) is 2.85. The smallest absolute Gasteiger partial charge is 0.143 e. The molecule has 0 spiro atoms. The van der Waals surface area contributed by atoms with Crippen LogP contribution in [0.5, 0.6) is 0 Å². The van der Waals surface area contributed by atoms with Gasteiger partial charge in [0, 0.05) is 26.7 Å². The summed E-state index contributed by atoms with van der Waals surface area (Å²) in [6.45, 7) is 4.24. The number of hydrogen-bond acceptors (Lipinski definition) is 4. The number of hydrogen-bond donors (Lipinski definition) is 1. The van der Waals surface area contributed by atoms with Gasteiger partial charge < -0.3 is 5.32 Å². The van der Waals surface area contributed by atoms with E-state index in [0.29, 0.717) is 10.0 Å². The van der Waals surface area contributed by atoms with Crippen LogP contribution in [0.1, 0.15) is 11.1 Å². The summed E-state index contributed by atoms with van der Waals surface area (Å²) in [7, 11) is 0. The molecule has 2 aromatic heterocycles. The molecule has 3 nitrogen and oxygen atoms in total. The van der Waals surface area contributed by atoms with Crippen LogP contribution < -0.4 is 5.32 Å². The SMILES string of the molecule is Cc1ccc(-c2csc3ncnc(Nc4cc(Cl)cc(Cl)c4)c23)cc1C. The molecule has 0 amide bonds. The number of rotatable bonds is 3. The Morgan fingerprint density at radius 1 is 0.923 bits per heavy atom. The van der Waals surface area contributed by atoms with E-state index >= 15 is 0 Å². The van der Waals surface area contributed by atoms with Crippen molar-refractivity contribution in [2.75, 3.05) is 5.32 Å². The topological polar surface area (TPSA) is 37.8 Å². The summed E-state index contributed by atoms with van der Waals surface area (Å²) >= 11 is 13.8. The Hall–Kier alpha value is -2.14. The fraction of sp³-hybridized carbons (Fsp3) is 0.100. The summed E-state index contributed by atoms with van der Waals surface area (Å²) < 4.78 is 0. The molecule has 0 bridgehead atoms. The normalized spacial score (nSPS) is 11.1. The van der Waals surface area contributed by atoms with Gasteiger partial charge in [0.05, 0.1) is 5.39 Å². The van der Waals surface area contributed by atoms with E-state index in [1.165, 1.54) is 11.1 Å². The van der Waals surface area contributed by atoms with Gasteiger partial charge in [-0.15, -0.1) is 11.3 Å². The molecule has 26 heavy (non-hydrogen) atoms. The van der Waals surface area contributed by atoms with Crippen LogP contribution >= 0.6 is 34.5 Å². The molecule has 0 atom stereocenters. The average molecular weight is 400 g/mol. The second-order valence-electron chi connectivity index (χ2n) is 6.13. The molecule has 0 unspecified atom stereocenters. The second kappa shape index (κ2) is 6.88. The van der Waals surface area contributed by atoms with Crippen molar-refractivity contribution in [1.82, 2.24) is 9.97 Å². The van der Waals surface area contributed by atoms with Crippen LogP contribution in [0.25, 0.3) is 21.3 Å². The van der Waals surface area contributed by atoms with Gasteiger partial charge >= 0.3 is 0 Å². The first-order valence-corrected chi connectivity index (χ1v) is 9.68. The Labute approximate surface area is 165 Å². The highest BCUT2D eigenvalue weighted by Crippen LogP contribution is 2.38. The van der Waals surface area contributed by atoms with Crippen molar-refractivity contribution in [3.05, 3.63) is 69.3 Å². The molecule has 0 radical (unpaired) electrons. The monoisotopic (exact) mass is 399 g/mol. The highest BCUT2D eigenvalue weighted by molar-refractivity contribution is 7.17. The summed E-state index contributed by atoms with van der Waals surface area (Å²) in [5.74, 6) is 0.739. The van der Waals surface area contributed by atoms with Gasteiger partial charge in [0.1, 0.15) is 17.0 Å². The predicted octanol–water partition coefficient (Wildman–Crippen LogP) is 7.03. The lowest BCUT2D eigenvalue weighted by atomic mass is 10.0. The lowest BCUT2D eigenvalue weighted by molar-refractivity contribution is 1.23. The van der Waals surface area contributed by atoms with Crippen molar-refractivity contribution in [3.63, 3.8) is 0 Å². The summed E-state index contributed by atoms with van der Waals surface area (Å²) in [6.07, 6.45) is 1.57. The summed E-state index contributed by atoms with van der Waals surface area (Å²) in [5, 5.41) is 7.61. The van der Waals surface area contributed by atoms with Gasteiger partial charge in [-0.05, 0) is 48.7 Å². The highest BCUT2D eigenvalue weighted by atomic mass is 35.5. The van der Waals surface area contributed by atoms with Gasteiger partial charge in [-0.25, -0.2) is 9.97 Å². The van der Waals surface area contributed by atoms with Gasteiger partial charge in [0.25, 0.3) is 0 Å². The van der Waals surface area contributed by atoms with Crippen molar-refractivity contribution in [3.8, 4) is 11.1 Å². The summed E-state index contributed by atoms with van der Waals surface area (Å²) in [4.78, 5) is 9.81. The average Bonchev–Trinajstić information content (AvgIpc) is 3.02. The van der Waals surface area contributed by atoms with Crippen molar-refractivity contribution < 1.29 is 0 Å². The number of halogens is 2. The number of benzene rings is 2. The van der Waals surface area contributed by atoms with Crippen LogP contribution in [0.2, 0.25) is 10.0 Å². The highest BCUT2D eigenvalue weighted by Gasteiger charge is 2.14. The first kappa shape index (κ1) is 17.3. The minimum absolute atomic E-state index is 0.574. The van der Waals surface area contributed by atoms with Gasteiger partial charge in [-0.1, -0.05) is 41.4 Å².